The van der Waals surface area contributed by atoms with Gasteiger partial charge in [0.1, 0.15) is 11.6 Å². The van der Waals surface area contributed by atoms with E-state index in [9.17, 15) is 4.79 Å². The van der Waals surface area contributed by atoms with Gasteiger partial charge >= 0.3 is 0 Å². The molecule has 3 N–H and O–H groups in total. The first kappa shape index (κ1) is 23.2. The van der Waals surface area contributed by atoms with Crippen LogP contribution >= 0.6 is 24.8 Å². The zero-order chi connectivity index (χ0) is 17.5. The summed E-state index contributed by atoms with van der Waals surface area (Å²) < 4.78 is 2.27. The van der Waals surface area contributed by atoms with Crippen LogP contribution < -0.4 is 11.1 Å². The van der Waals surface area contributed by atoms with E-state index >= 15 is 0 Å². The van der Waals surface area contributed by atoms with Gasteiger partial charge in [-0.05, 0) is 37.3 Å². The number of hydrogen-bond donors (Lipinski definition) is 2. The number of rotatable bonds is 7. The predicted molar refractivity (Wildman–Crippen MR) is 113 cm³/mol. The van der Waals surface area contributed by atoms with E-state index in [4.69, 9.17) is 5.73 Å². The summed E-state index contributed by atoms with van der Waals surface area (Å²) >= 11 is 0. The molecule has 1 aliphatic rings. The van der Waals surface area contributed by atoms with Gasteiger partial charge in [-0.15, -0.1) is 35.0 Å². The lowest BCUT2D eigenvalue weighted by Gasteiger charge is -2.08. The van der Waals surface area contributed by atoms with Crippen molar-refractivity contribution < 1.29 is 4.79 Å². The van der Waals surface area contributed by atoms with E-state index < -0.39 is 0 Å². The van der Waals surface area contributed by atoms with Crippen molar-refractivity contribution in [2.45, 2.75) is 57.9 Å². The van der Waals surface area contributed by atoms with Crippen LogP contribution in [0.5, 0.6) is 0 Å². The number of anilines is 1. The van der Waals surface area contributed by atoms with Gasteiger partial charge in [0.25, 0.3) is 0 Å². The minimum absolute atomic E-state index is 0. The smallest absolute Gasteiger partial charge is 0.220 e. The van der Waals surface area contributed by atoms with E-state index in [0.29, 0.717) is 19.4 Å². The first-order valence-electron chi connectivity index (χ1n) is 9.25. The van der Waals surface area contributed by atoms with Crippen molar-refractivity contribution >= 4 is 36.4 Å². The Kier molecular flexibility index (Phi) is 10.2. The maximum Gasteiger partial charge on any atom is 0.220 e. The number of nitrogens with two attached hydrogens (primary N) is 1. The van der Waals surface area contributed by atoms with Crippen molar-refractivity contribution in [1.29, 1.82) is 0 Å². The van der Waals surface area contributed by atoms with Gasteiger partial charge in [-0.1, -0.05) is 24.6 Å². The number of aryl methyl sites for hydroxylation is 3. The number of halogens is 2. The normalized spacial score (nSPS) is 12.9. The lowest BCUT2D eigenvalue weighted by Crippen LogP contribution is -2.25. The number of benzene rings is 1. The molecule has 2 aromatic rings. The van der Waals surface area contributed by atoms with Crippen LogP contribution in [0.4, 0.5) is 5.69 Å². The van der Waals surface area contributed by atoms with Crippen LogP contribution in [0.1, 0.15) is 49.3 Å². The second-order valence-corrected chi connectivity index (χ2v) is 6.65. The fourth-order valence-electron chi connectivity index (χ4n) is 3.30. The standard InChI is InChI=1S/C19H27N5O.2ClH/c20-16-8-4-3-7-15(16)11-12-19(25)21-13-6-10-18-23-22-17-9-2-1-5-14-24(17)18;;/h3-4,7-8H,1-2,5-6,9-14,20H2,(H,21,25);2*1H. The summed E-state index contributed by atoms with van der Waals surface area (Å²) in [6, 6.07) is 7.70. The highest BCUT2D eigenvalue weighted by molar-refractivity contribution is 5.85. The van der Waals surface area contributed by atoms with E-state index in [2.05, 4.69) is 20.1 Å². The number of aromatic nitrogens is 3. The Morgan fingerprint density at radius 1 is 1.11 bits per heavy atom. The molecule has 0 bridgehead atoms. The van der Waals surface area contributed by atoms with Gasteiger partial charge in [-0.2, -0.15) is 0 Å². The molecule has 0 fully saturated rings. The van der Waals surface area contributed by atoms with Crippen molar-refractivity contribution in [1.82, 2.24) is 20.1 Å². The van der Waals surface area contributed by atoms with Gasteiger partial charge in [0.2, 0.25) is 5.91 Å². The van der Waals surface area contributed by atoms with Gasteiger partial charge in [-0.3, -0.25) is 4.79 Å². The minimum atomic E-state index is 0. The summed E-state index contributed by atoms with van der Waals surface area (Å²) in [5, 5.41) is 11.6. The van der Waals surface area contributed by atoms with Crippen LogP contribution in [0.3, 0.4) is 0 Å². The first-order chi connectivity index (χ1) is 12.2. The lowest BCUT2D eigenvalue weighted by atomic mass is 10.1. The number of nitrogens with one attached hydrogen (secondary N) is 1. The van der Waals surface area contributed by atoms with Crippen molar-refractivity contribution in [3.63, 3.8) is 0 Å². The second kappa shape index (κ2) is 11.8. The largest absolute Gasteiger partial charge is 0.399 e. The van der Waals surface area contributed by atoms with Crippen molar-refractivity contribution in [3.8, 4) is 0 Å². The van der Waals surface area contributed by atoms with Gasteiger partial charge in [0.15, 0.2) is 0 Å². The highest BCUT2D eigenvalue weighted by Crippen LogP contribution is 2.15. The monoisotopic (exact) mass is 413 g/mol. The number of hydrogen-bond acceptors (Lipinski definition) is 4. The molecule has 0 radical (unpaired) electrons. The molecule has 3 rings (SSSR count). The topological polar surface area (TPSA) is 85.8 Å². The lowest BCUT2D eigenvalue weighted by molar-refractivity contribution is -0.121. The molecular formula is C19H29Cl2N5O. The number of carbonyl (C=O) groups is 1. The van der Waals surface area contributed by atoms with Gasteiger partial charge < -0.3 is 15.6 Å². The molecule has 0 saturated carbocycles. The Labute approximate surface area is 173 Å². The van der Waals surface area contributed by atoms with E-state index in [1.807, 2.05) is 24.3 Å². The van der Waals surface area contributed by atoms with Crippen LogP contribution in [-0.2, 0) is 30.6 Å². The van der Waals surface area contributed by atoms with Crippen LogP contribution in [-0.4, -0.2) is 27.2 Å². The number of nitrogens with zero attached hydrogens (tertiary/aromatic N) is 3. The molecule has 6 nitrogen and oxygen atoms in total. The fraction of sp³-hybridized carbons (Fsp3) is 0.526. The molecule has 27 heavy (non-hydrogen) atoms. The average molecular weight is 414 g/mol. The third-order valence-corrected chi connectivity index (χ3v) is 4.76. The van der Waals surface area contributed by atoms with E-state index in [1.165, 1.54) is 19.3 Å². The quantitative estimate of drug-likeness (QED) is 0.539. The Hall–Kier alpha value is -1.79. The molecule has 1 aliphatic heterocycles. The minimum Gasteiger partial charge on any atom is -0.399 e. The Bertz CT molecular complexity index is 720. The number of amides is 1. The van der Waals surface area contributed by atoms with E-state index in [-0.39, 0.29) is 30.7 Å². The third-order valence-electron chi connectivity index (χ3n) is 4.76. The van der Waals surface area contributed by atoms with Crippen molar-refractivity contribution in [3.05, 3.63) is 41.5 Å². The molecule has 8 heteroatoms. The number of carbonyl (C=O) groups excluding carboxylic acids is 1. The van der Waals surface area contributed by atoms with Crippen LogP contribution in [0.25, 0.3) is 0 Å². The molecule has 2 heterocycles. The van der Waals surface area contributed by atoms with Crippen molar-refractivity contribution in [2.24, 2.45) is 0 Å². The highest BCUT2D eigenvalue weighted by atomic mass is 35.5. The molecule has 0 aliphatic carbocycles. The zero-order valence-electron chi connectivity index (χ0n) is 15.5. The summed E-state index contributed by atoms with van der Waals surface area (Å²) in [7, 11) is 0. The molecule has 150 valence electrons. The summed E-state index contributed by atoms with van der Waals surface area (Å²) in [4.78, 5) is 12.0. The molecule has 0 unspecified atom stereocenters. The summed E-state index contributed by atoms with van der Waals surface area (Å²) in [6.07, 6.45) is 7.61. The maximum atomic E-state index is 12.0. The van der Waals surface area contributed by atoms with Gasteiger partial charge in [-0.25, -0.2) is 0 Å². The molecule has 0 atom stereocenters. The van der Waals surface area contributed by atoms with E-state index in [1.54, 1.807) is 0 Å². The van der Waals surface area contributed by atoms with Crippen molar-refractivity contribution in [2.75, 3.05) is 12.3 Å². The number of para-hydroxylation sites is 1. The summed E-state index contributed by atoms with van der Waals surface area (Å²) in [5.74, 6) is 2.25. The first-order valence-corrected chi connectivity index (χ1v) is 9.25. The highest BCUT2D eigenvalue weighted by Gasteiger charge is 2.14. The van der Waals surface area contributed by atoms with Crippen LogP contribution in [0, 0.1) is 0 Å². The average Bonchev–Trinajstić information content (AvgIpc) is 2.84. The molecule has 0 spiro atoms. The predicted octanol–water partition coefficient (Wildman–Crippen LogP) is 3.11. The zero-order valence-corrected chi connectivity index (χ0v) is 17.2. The van der Waals surface area contributed by atoms with Crippen LogP contribution in [0.15, 0.2) is 24.3 Å². The second-order valence-electron chi connectivity index (χ2n) is 6.65. The molecular weight excluding hydrogens is 385 g/mol. The Morgan fingerprint density at radius 3 is 2.74 bits per heavy atom. The third kappa shape index (κ3) is 6.70. The Balaban J connectivity index is 0.00000182. The Morgan fingerprint density at radius 2 is 1.93 bits per heavy atom. The molecule has 1 aromatic carbocycles. The maximum absolute atomic E-state index is 12.0. The number of nitrogen functional groups attached to an aromatic ring is 1. The fourth-order valence-corrected chi connectivity index (χ4v) is 3.30. The van der Waals surface area contributed by atoms with Gasteiger partial charge in [0, 0.05) is 38.0 Å². The summed E-state index contributed by atoms with van der Waals surface area (Å²) in [5.41, 5.74) is 7.69. The SMILES string of the molecule is Cl.Cl.Nc1ccccc1CCC(=O)NCCCc1nnc2n1CCCCC2. The van der Waals surface area contributed by atoms with E-state index in [0.717, 1.165) is 48.7 Å². The number of fused-ring (bicyclic) bond motifs is 1. The molecule has 1 aromatic heterocycles. The summed E-state index contributed by atoms with van der Waals surface area (Å²) in [6.45, 7) is 1.70. The van der Waals surface area contributed by atoms with Crippen LogP contribution in [0.2, 0.25) is 0 Å². The molecule has 1 amide bonds. The molecule has 0 saturated heterocycles. The van der Waals surface area contributed by atoms with Gasteiger partial charge in [0.05, 0.1) is 0 Å².